The molecule has 1 N–H and O–H groups in total. The lowest BCUT2D eigenvalue weighted by atomic mass is 10.1. The van der Waals surface area contributed by atoms with E-state index in [1.807, 2.05) is 18.2 Å². The summed E-state index contributed by atoms with van der Waals surface area (Å²) in [5, 5.41) is 2.98. The molecule has 1 heterocycles. The van der Waals surface area contributed by atoms with Crippen molar-refractivity contribution in [1.29, 1.82) is 0 Å². The quantitative estimate of drug-likeness (QED) is 0.773. The van der Waals surface area contributed by atoms with Crippen LogP contribution in [-0.2, 0) is 16.6 Å². The van der Waals surface area contributed by atoms with Crippen LogP contribution in [0.2, 0.25) is 5.02 Å². The number of methoxy groups -OCH3 is 1. The fourth-order valence-electron chi connectivity index (χ4n) is 3.21. The topological polar surface area (TPSA) is 75.7 Å². The largest absolute Gasteiger partial charge is 0.496 e. The van der Waals surface area contributed by atoms with Crippen LogP contribution in [0.25, 0.3) is 0 Å². The number of carbonyl (C=O) groups excluding carboxylic acids is 1. The molecule has 150 valence electrons. The summed E-state index contributed by atoms with van der Waals surface area (Å²) in [6, 6.07) is 11.6. The standard InChI is InChI=1S/C20H23ClN2O4S/c1-27-19-8-4-3-7-15(19)14-22-20(24)17-13-16(9-10-18(17)21)28(25,26)23-11-5-2-6-12-23/h3-4,7-10,13H,2,5-6,11-12,14H2,1H3,(H,22,24). The van der Waals surface area contributed by atoms with Crippen molar-refractivity contribution in [2.75, 3.05) is 20.2 Å². The molecule has 1 amide bonds. The van der Waals surface area contributed by atoms with Gasteiger partial charge in [0.2, 0.25) is 10.0 Å². The van der Waals surface area contributed by atoms with E-state index >= 15 is 0 Å². The van der Waals surface area contributed by atoms with Crippen LogP contribution < -0.4 is 10.1 Å². The van der Waals surface area contributed by atoms with Crippen molar-refractivity contribution < 1.29 is 17.9 Å². The summed E-state index contributed by atoms with van der Waals surface area (Å²) in [6.07, 6.45) is 2.72. The summed E-state index contributed by atoms with van der Waals surface area (Å²) >= 11 is 6.17. The van der Waals surface area contributed by atoms with E-state index in [4.69, 9.17) is 16.3 Å². The number of carbonyl (C=O) groups is 1. The minimum atomic E-state index is -3.64. The third kappa shape index (κ3) is 4.48. The van der Waals surface area contributed by atoms with Crippen molar-refractivity contribution in [3.63, 3.8) is 0 Å². The van der Waals surface area contributed by atoms with Crippen LogP contribution in [-0.4, -0.2) is 38.8 Å². The maximum atomic E-state index is 12.9. The first-order chi connectivity index (χ1) is 13.4. The summed E-state index contributed by atoms with van der Waals surface area (Å²) in [5.74, 6) is 0.224. The zero-order valence-electron chi connectivity index (χ0n) is 15.7. The number of rotatable bonds is 6. The van der Waals surface area contributed by atoms with Crippen LogP contribution in [0.3, 0.4) is 0 Å². The number of ether oxygens (including phenoxy) is 1. The minimum absolute atomic E-state index is 0.0845. The molecule has 0 aliphatic carbocycles. The molecule has 3 rings (SSSR count). The SMILES string of the molecule is COc1ccccc1CNC(=O)c1cc(S(=O)(=O)N2CCCCC2)ccc1Cl. The van der Waals surface area contributed by atoms with Gasteiger partial charge in [-0.2, -0.15) is 4.31 Å². The summed E-state index contributed by atoms with van der Waals surface area (Å²) in [4.78, 5) is 12.7. The first-order valence-electron chi connectivity index (χ1n) is 9.13. The molecule has 2 aromatic rings. The molecule has 0 unspecified atom stereocenters. The van der Waals surface area contributed by atoms with Gasteiger partial charge in [0.15, 0.2) is 0 Å². The number of nitrogens with one attached hydrogen (secondary N) is 1. The van der Waals surface area contributed by atoms with Gasteiger partial charge in [-0.1, -0.05) is 36.2 Å². The van der Waals surface area contributed by atoms with Gasteiger partial charge in [0, 0.05) is 25.2 Å². The molecule has 0 radical (unpaired) electrons. The smallest absolute Gasteiger partial charge is 0.253 e. The lowest BCUT2D eigenvalue weighted by Crippen LogP contribution is -2.35. The predicted molar refractivity (Wildman–Crippen MR) is 108 cm³/mol. The van der Waals surface area contributed by atoms with Crippen molar-refractivity contribution in [2.45, 2.75) is 30.7 Å². The molecule has 1 aliphatic rings. The zero-order valence-corrected chi connectivity index (χ0v) is 17.2. The summed E-state index contributed by atoms with van der Waals surface area (Å²) in [7, 11) is -2.08. The van der Waals surface area contributed by atoms with Crippen LogP contribution in [0.5, 0.6) is 5.75 Å². The monoisotopic (exact) mass is 422 g/mol. The lowest BCUT2D eigenvalue weighted by Gasteiger charge is -2.26. The van der Waals surface area contributed by atoms with E-state index in [0.29, 0.717) is 18.8 Å². The van der Waals surface area contributed by atoms with Gasteiger partial charge in [0.05, 0.1) is 22.6 Å². The average molecular weight is 423 g/mol. The Balaban J connectivity index is 1.80. The normalized spacial score (nSPS) is 15.2. The third-order valence-electron chi connectivity index (χ3n) is 4.77. The second-order valence-electron chi connectivity index (χ2n) is 6.60. The average Bonchev–Trinajstić information content (AvgIpc) is 2.73. The molecule has 0 aromatic heterocycles. The van der Waals surface area contributed by atoms with Gasteiger partial charge in [0.1, 0.15) is 5.75 Å². The summed E-state index contributed by atoms with van der Waals surface area (Å²) < 4.78 is 32.5. The number of hydrogen-bond acceptors (Lipinski definition) is 4. The van der Waals surface area contributed by atoms with Crippen molar-refractivity contribution in [1.82, 2.24) is 9.62 Å². The molecule has 28 heavy (non-hydrogen) atoms. The second-order valence-corrected chi connectivity index (χ2v) is 8.95. The first kappa shape index (κ1) is 20.6. The summed E-state index contributed by atoms with van der Waals surface area (Å²) in [5.41, 5.74) is 0.946. The lowest BCUT2D eigenvalue weighted by molar-refractivity contribution is 0.0950. The molecule has 6 nitrogen and oxygen atoms in total. The molecule has 0 bridgehead atoms. The third-order valence-corrected chi connectivity index (χ3v) is 6.99. The van der Waals surface area contributed by atoms with Crippen LogP contribution in [0.15, 0.2) is 47.4 Å². The van der Waals surface area contributed by atoms with E-state index in [2.05, 4.69) is 5.32 Å². The molecule has 0 saturated carbocycles. The van der Waals surface area contributed by atoms with Crippen molar-refractivity contribution >= 4 is 27.5 Å². The predicted octanol–water partition coefficient (Wildman–Crippen LogP) is 3.45. The van der Waals surface area contributed by atoms with E-state index < -0.39 is 15.9 Å². The number of halogens is 1. The Morgan fingerprint density at radius 1 is 1.14 bits per heavy atom. The maximum absolute atomic E-state index is 12.9. The molecule has 1 fully saturated rings. The number of sulfonamides is 1. The van der Waals surface area contributed by atoms with E-state index in [-0.39, 0.29) is 22.0 Å². The van der Waals surface area contributed by atoms with Gasteiger partial charge >= 0.3 is 0 Å². The van der Waals surface area contributed by atoms with Gasteiger partial charge in [-0.15, -0.1) is 0 Å². The maximum Gasteiger partial charge on any atom is 0.253 e. The second kappa shape index (κ2) is 8.94. The van der Waals surface area contributed by atoms with Gasteiger partial charge in [-0.25, -0.2) is 8.42 Å². The molecule has 1 saturated heterocycles. The van der Waals surface area contributed by atoms with Crippen LogP contribution in [0.4, 0.5) is 0 Å². The van der Waals surface area contributed by atoms with E-state index in [1.165, 1.54) is 22.5 Å². The Labute approximate surface area is 170 Å². The molecular weight excluding hydrogens is 400 g/mol. The Hall–Kier alpha value is -2.09. The summed E-state index contributed by atoms with van der Waals surface area (Å²) in [6.45, 7) is 1.24. The number of amides is 1. The van der Waals surface area contributed by atoms with Gasteiger partial charge in [-0.3, -0.25) is 4.79 Å². The molecular formula is C20H23ClN2O4S. The highest BCUT2D eigenvalue weighted by Crippen LogP contribution is 2.25. The van der Waals surface area contributed by atoms with Gasteiger partial charge < -0.3 is 10.1 Å². The Bertz CT molecular complexity index is 956. The van der Waals surface area contributed by atoms with Crippen LogP contribution in [0, 0.1) is 0 Å². The number of hydrogen-bond donors (Lipinski definition) is 1. The number of benzene rings is 2. The van der Waals surface area contributed by atoms with Crippen molar-refractivity contribution in [2.24, 2.45) is 0 Å². The molecule has 0 atom stereocenters. The Morgan fingerprint density at radius 3 is 2.57 bits per heavy atom. The highest BCUT2D eigenvalue weighted by atomic mass is 35.5. The highest BCUT2D eigenvalue weighted by molar-refractivity contribution is 7.89. The zero-order chi connectivity index (χ0) is 20.1. The van der Waals surface area contributed by atoms with Crippen molar-refractivity contribution in [3.8, 4) is 5.75 Å². The van der Waals surface area contributed by atoms with Gasteiger partial charge in [-0.05, 0) is 37.1 Å². The number of para-hydroxylation sites is 1. The Morgan fingerprint density at radius 2 is 1.86 bits per heavy atom. The van der Waals surface area contributed by atoms with Gasteiger partial charge in [0.25, 0.3) is 5.91 Å². The highest BCUT2D eigenvalue weighted by Gasteiger charge is 2.27. The molecule has 2 aromatic carbocycles. The molecule has 1 aliphatic heterocycles. The minimum Gasteiger partial charge on any atom is -0.496 e. The first-order valence-corrected chi connectivity index (χ1v) is 10.9. The van der Waals surface area contributed by atoms with Crippen LogP contribution >= 0.6 is 11.6 Å². The van der Waals surface area contributed by atoms with Crippen LogP contribution in [0.1, 0.15) is 35.2 Å². The number of nitrogens with zero attached hydrogens (tertiary/aromatic N) is 1. The van der Waals surface area contributed by atoms with E-state index in [0.717, 1.165) is 24.8 Å². The fourth-order valence-corrected chi connectivity index (χ4v) is 4.96. The van der Waals surface area contributed by atoms with Crippen molar-refractivity contribution in [3.05, 3.63) is 58.6 Å². The van der Waals surface area contributed by atoms with E-state index in [9.17, 15) is 13.2 Å². The fraction of sp³-hybridized carbons (Fsp3) is 0.350. The number of piperidine rings is 1. The molecule has 8 heteroatoms. The molecule has 0 spiro atoms. The van der Waals surface area contributed by atoms with E-state index in [1.54, 1.807) is 13.2 Å². The Kier molecular flexibility index (Phi) is 6.59.